The zero-order valence-electron chi connectivity index (χ0n) is 11.8. The van der Waals surface area contributed by atoms with Crippen LogP contribution in [-0.4, -0.2) is 10.2 Å². The van der Waals surface area contributed by atoms with Crippen LogP contribution < -0.4 is 5.32 Å². The van der Waals surface area contributed by atoms with Gasteiger partial charge in [-0.3, -0.25) is 5.10 Å². The first-order valence-electron chi connectivity index (χ1n) is 6.99. The van der Waals surface area contributed by atoms with Gasteiger partial charge in [-0.15, -0.1) is 0 Å². The Morgan fingerprint density at radius 2 is 1.80 bits per heavy atom. The summed E-state index contributed by atoms with van der Waals surface area (Å²) in [6.45, 7) is 4.47. The minimum Gasteiger partial charge on any atom is -0.377 e. The maximum atomic E-state index is 4.12. The van der Waals surface area contributed by atoms with Crippen LogP contribution in [0.25, 0.3) is 10.9 Å². The van der Waals surface area contributed by atoms with Gasteiger partial charge in [-0.2, -0.15) is 5.10 Å². The maximum Gasteiger partial charge on any atom is 0.0671 e. The van der Waals surface area contributed by atoms with Crippen molar-refractivity contribution in [3.63, 3.8) is 0 Å². The molecule has 0 fully saturated rings. The molecule has 0 aliphatic heterocycles. The first kappa shape index (κ1) is 12.7. The zero-order valence-corrected chi connectivity index (χ0v) is 11.8. The summed E-state index contributed by atoms with van der Waals surface area (Å²) in [6.07, 6.45) is 1.88. The fourth-order valence-electron chi connectivity index (χ4n) is 2.56. The van der Waals surface area contributed by atoms with Gasteiger partial charge in [0.25, 0.3) is 0 Å². The molecule has 0 bridgehead atoms. The number of H-pyrrole nitrogens is 1. The van der Waals surface area contributed by atoms with E-state index in [0.29, 0.717) is 5.92 Å². The number of hydrogen-bond acceptors (Lipinski definition) is 2. The molecule has 3 rings (SSSR count). The zero-order chi connectivity index (χ0) is 13.9. The van der Waals surface area contributed by atoms with Crippen molar-refractivity contribution in [1.82, 2.24) is 10.2 Å². The van der Waals surface area contributed by atoms with Crippen LogP contribution in [0.15, 0.2) is 54.7 Å². The summed E-state index contributed by atoms with van der Waals surface area (Å²) in [5.74, 6) is 0.500. The van der Waals surface area contributed by atoms with Gasteiger partial charge in [0.15, 0.2) is 0 Å². The summed E-state index contributed by atoms with van der Waals surface area (Å²) in [4.78, 5) is 0. The summed E-state index contributed by atoms with van der Waals surface area (Å²) < 4.78 is 0. The summed E-state index contributed by atoms with van der Waals surface area (Å²) in [7, 11) is 0. The number of anilines is 1. The van der Waals surface area contributed by atoms with Crippen molar-refractivity contribution in [2.75, 3.05) is 5.32 Å². The highest BCUT2D eigenvalue weighted by atomic mass is 15.1. The second-order valence-electron chi connectivity index (χ2n) is 5.41. The Hall–Kier alpha value is -2.29. The van der Waals surface area contributed by atoms with Crippen molar-refractivity contribution in [3.8, 4) is 0 Å². The van der Waals surface area contributed by atoms with Gasteiger partial charge in [-0.05, 0) is 23.6 Å². The number of aromatic amines is 1. The van der Waals surface area contributed by atoms with E-state index >= 15 is 0 Å². The predicted octanol–water partition coefficient (Wildman–Crippen LogP) is 4.37. The van der Waals surface area contributed by atoms with Crippen molar-refractivity contribution in [3.05, 3.63) is 60.3 Å². The first-order chi connectivity index (χ1) is 9.75. The lowest BCUT2D eigenvalue weighted by molar-refractivity contribution is 0.547. The van der Waals surface area contributed by atoms with E-state index in [2.05, 4.69) is 65.8 Å². The third-order valence-corrected chi connectivity index (χ3v) is 3.62. The van der Waals surface area contributed by atoms with Gasteiger partial charge in [0.1, 0.15) is 0 Å². The van der Waals surface area contributed by atoms with Gasteiger partial charge in [-0.25, -0.2) is 0 Å². The molecule has 1 atom stereocenters. The molecule has 0 aliphatic carbocycles. The molecule has 3 heteroatoms. The number of benzene rings is 2. The predicted molar refractivity (Wildman–Crippen MR) is 83.7 cm³/mol. The van der Waals surface area contributed by atoms with E-state index in [1.54, 1.807) is 0 Å². The standard InChI is InChI=1S/C17H19N3/c1-12(2)17(13-7-4-3-5-8-13)19-15-9-6-10-16-14(15)11-18-20-16/h3-12,17,19H,1-2H3,(H,18,20). The largest absolute Gasteiger partial charge is 0.377 e. The summed E-state index contributed by atoms with van der Waals surface area (Å²) in [6, 6.07) is 17.1. The minimum absolute atomic E-state index is 0.289. The van der Waals surface area contributed by atoms with Gasteiger partial charge in [0.05, 0.1) is 17.8 Å². The molecule has 20 heavy (non-hydrogen) atoms. The summed E-state index contributed by atoms with van der Waals surface area (Å²) in [5, 5.41) is 11.9. The number of nitrogens with zero attached hydrogens (tertiary/aromatic N) is 1. The van der Waals surface area contributed by atoms with E-state index in [0.717, 1.165) is 16.6 Å². The first-order valence-corrected chi connectivity index (χ1v) is 6.99. The second kappa shape index (κ2) is 5.37. The SMILES string of the molecule is CC(C)C(Nc1cccc2[nH]ncc12)c1ccccc1. The van der Waals surface area contributed by atoms with E-state index in [1.165, 1.54) is 5.56 Å². The van der Waals surface area contributed by atoms with Crippen LogP contribution >= 0.6 is 0 Å². The van der Waals surface area contributed by atoms with Gasteiger partial charge in [0, 0.05) is 11.1 Å². The van der Waals surface area contributed by atoms with Crippen LogP contribution in [0.2, 0.25) is 0 Å². The average molecular weight is 265 g/mol. The van der Waals surface area contributed by atoms with Crippen LogP contribution in [0, 0.1) is 5.92 Å². The number of fused-ring (bicyclic) bond motifs is 1. The number of aromatic nitrogens is 2. The Morgan fingerprint density at radius 1 is 1.00 bits per heavy atom. The molecule has 3 nitrogen and oxygen atoms in total. The molecule has 1 aromatic heterocycles. The molecule has 0 saturated heterocycles. The third kappa shape index (κ3) is 2.39. The van der Waals surface area contributed by atoms with Gasteiger partial charge >= 0.3 is 0 Å². The van der Waals surface area contributed by atoms with Crippen LogP contribution in [0.1, 0.15) is 25.5 Å². The third-order valence-electron chi connectivity index (χ3n) is 3.62. The monoisotopic (exact) mass is 265 g/mol. The lowest BCUT2D eigenvalue weighted by atomic mass is 9.95. The van der Waals surface area contributed by atoms with Crippen molar-refractivity contribution < 1.29 is 0 Å². The van der Waals surface area contributed by atoms with Crippen molar-refractivity contribution in [2.45, 2.75) is 19.9 Å². The highest BCUT2D eigenvalue weighted by Crippen LogP contribution is 2.29. The molecule has 1 heterocycles. The van der Waals surface area contributed by atoms with Crippen LogP contribution in [0.4, 0.5) is 5.69 Å². The molecule has 0 radical (unpaired) electrons. The van der Waals surface area contributed by atoms with Crippen molar-refractivity contribution in [2.24, 2.45) is 5.92 Å². The van der Waals surface area contributed by atoms with Crippen molar-refractivity contribution in [1.29, 1.82) is 0 Å². The maximum absolute atomic E-state index is 4.12. The molecule has 3 aromatic rings. The number of rotatable bonds is 4. The molecule has 0 aliphatic rings. The van der Waals surface area contributed by atoms with Crippen LogP contribution in [0.5, 0.6) is 0 Å². The molecular formula is C17H19N3. The van der Waals surface area contributed by atoms with E-state index in [9.17, 15) is 0 Å². The highest BCUT2D eigenvalue weighted by molar-refractivity contribution is 5.91. The molecule has 102 valence electrons. The molecule has 2 N–H and O–H groups in total. The topological polar surface area (TPSA) is 40.7 Å². The molecule has 2 aromatic carbocycles. The summed E-state index contributed by atoms with van der Waals surface area (Å²) >= 11 is 0. The average Bonchev–Trinajstić information content (AvgIpc) is 2.94. The van der Waals surface area contributed by atoms with Gasteiger partial charge in [-0.1, -0.05) is 50.2 Å². The van der Waals surface area contributed by atoms with Gasteiger partial charge < -0.3 is 5.32 Å². The normalized spacial score (nSPS) is 12.8. The quantitative estimate of drug-likeness (QED) is 0.735. The highest BCUT2D eigenvalue weighted by Gasteiger charge is 2.16. The smallest absolute Gasteiger partial charge is 0.0671 e. The Labute approximate surface area is 119 Å². The fraction of sp³-hybridized carbons (Fsp3) is 0.235. The van der Waals surface area contributed by atoms with Crippen LogP contribution in [-0.2, 0) is 0 Å². The molecular weight excluding hydrogens is 246 g/mol. The Kier molecular flexibility index (Phi) is 3.42. The van der Waals surface area contributed by atoms with E-state index < -0.39 is 0 Å². The molecule has 1 unspecified atom stereocenters. The fourth-order valence-corrected chi connectivity index (χ4v) is 2.56. The van der Waals surface area contributed by atoms with Gasteiger partial charge in [0.2, 0.25) is 0 Å². The van der Waals surface area contributed by atoms with E-state index in [4.69, 9.17) is 0 Å². The number of nitrogens with one attached hydrogen (secondary N) is 2. The Bertz CT molecular complexity index is 686. The summed E-state index contributed by atoms with van der Waals surface area (Å²) in [5.41, 5.74) is 3.49. The second-order valence-corrected chi connectivity index (χ2v) is 5.41. The van der Waals surface area contributed by atoms with Crippen molar-refractivity contribution >= 4 is 16.6 Å². The Balaban J connectivity index is 1.96. The molecule has 0 amide bonds. The van der Waals surface area contributed by atoms with E-state index in [-0.39, 0.29) is 6.04 Å². The number of hydrogen-bond donors (Lipinski definition) is 2. The lowest BCUT2D eigenvalue weighted by Crippen LogP contribution is -2.16. The van der Waals surface area contributed by atoms with E-state index in [1.807, 2.05) is 18.3 Å². The molecule has 0 spiro atoms. The minimum atomic E-state index is 0.289. The lowest BCUT2D eigenvalue weighted by Gasteiger charge is -2.24. The van der Waals surface area contributed by atoms with Crippen LogP contribution in [0.3, 0.4) is 0 Å². The Morgan fingerprint density at radius 3 is 2.55 bits per heavy atom. The molecule has 0 saturated carbocycles.